The van der Waals surface area contributed by atoms with Crippen LogP contribution in [-0.2, 0) is 4.79 Å². The molecule has 0 unspecified atom stereocenters. The number of unbranched alkanes of at least 4 members (excludes halogenated alkanes) is 7. The van der Waals surface area contributed by atoms with Crippen molar-refractivity contribution < 1.29 is 9.53 Å². The molecule has 0 radical (unpaired) electrons. The normalized spacial score (nSPS) is 25.2. The lowest BCUT2D eigenvalue weighted by Gasteiger charge is -2.29. The van der Waals surface area contributed by atoms with Crippen LogP contribution in [0.15, 0.2) is 24.3 Å². The molecule has 1 aromatic carbocycles. The van der Waals surface area contributed by atoms with Crippen molar-refractivity contribution >= 4 is 5.97 Å². The first-order valence-electron chi connectivity index (χ1n) is 15.0. The highest BCUT2D eigenvalue weighted by Crippen LogP contribution is 2.38. The number of ether oxygens (including phenoxy) is 1. The summed E-state index contributed by atoms with van der Waals surface area (Å²) >= 11 is 0. The fourth-order valence-corrected chi connectivity index (χ4v) is 6.38. The lowest BCUT2D eigenvalue weighted by Crippen LogP contribution is -2.25. The number of benzene rings is 1. The summed E-state index contributed by atoms with van der Waals surface area (Å²) in [6.07, 6.45) is 25.0. The van der Waals surface area contributed by atoms with Gasteiger partial charge in [-0.15, -0.1) is 0 Å². The topological polar surface area (TPSA) is 26.3 Å². The molecule has 2 fully saturated rings. The molecule has 2 nitrogen and oxygen atoms in total. The molecule has 0 heterocycles. The van der Waals surface area contributed by atoms with Crippen LogP contribution in [0, 0.1) is 17.8 Å². The highest BCUT2D eigenvalue weighted by molar-refractivity contribution is 5.75. The van der Waals surface area contributed by atoms with E-state index in [1.807, 2.05) is 12.1 Å². The van der Waals surface area contributed by atoms with Crippen LogP contribution in [0.4, 0.5) is 0 Å². The van der Waals surface area contributed by atoms with Gasteiger partial charge in [0.05, 0.1) is 5.92 Å². The van der Waals surface area contributed by atoms with Gasteiger partial charge in [-0.05, 0) is 86.8 Å². The molecule has 1 aromatic rings. The molecule has 3 rings (SSSR count). The first kappa shape index (κ1) is 27.3. The predicted molar refractivity (Wildman–Crippen MR) is 144 cm³/mol. The number of hydrogen-bond donors (Lipinski definition) is 0. The third-order valence-corrected chi connectivity index (χ3v) is 8.78. The van der Waals surface area contributed by atoms with E-state index in [1.165, 1.54) is 115 Å². The molecule has 2 saturated carbocycles. The van der Waals surface area contributed by atoms with Gasteiger partial charge < -0.3 is 4.74 Å². The van der Waals surface area contributed by atoms with Crippen molar-refractivity contribution in [1.29, 1.82) is 0 Å². The lowest BCUT2D eigenvalue weighted by atomic mass is 9.77. The van der Waals surface area contributed by atoms with Crippen LogP contribution in [0.2, 0.25) is 0 Å². The SMILES string of the molecule is CCCCCCCC1CCC(C(=O)Oc2ccc(C3CCC(CCCCCC)CC3)cc2)CC1. The fourth-order valence-electron chi connectivity index (χ4n) is 6.38. The van der Waals surface area contributed by atoms with Crippen molar-refractivity contribution in [1.82, 2.24) is 0 Å². The zero-order chi connectivity index (χ0) is 24.0. The van der Waals surface area contributed by atoms with Crippen LogP contribution >= 0.6 is 0 Å². The van der Waals surface area contributed by atoms with E-state index in [9.17, 15) is 4.79 Å². The molecular formula is C32H52O2. The Kier molecular flexibility index (Phi) is 12.5. The first-order valence-corrected chi connectivity index (χ1v) is 15.0. The predicted octanol–water partition coefficient (Wildman–Crippen LogP) is 10.0. The quantitative estimate of drug-likeness (QED) is 0.154. The van der Waals surface area contributed by atoms with Crippen LogP contribution in [0.3, 0.4) is 0 Å². The Balaban J connectivity index is 1.33. The van der Waals surface area contributed by atoms with E-state index in [2.05, 4.69) is 26.0 Å². The molecule has 0 bridgehead atoms. The summed E-state index contributed by atoms with van der Waals surface area (Å²) in [6.45, 7) is 4.57. The average Bonchev–Trinajstić information content (AvgIpc) is 2.88. The Hall–Kier alpha value is -1.31. The summed E-state index contributed by atoms with van der Waals surface area (Å²) in [5.74, 6) is 3.30. The molecule has 2 aliphatic carbocycles. The van der Waals surface area contributed by atoms with Gasteiger partial charge in [-0.3, -0.25) is 4.79 Å². The van der Waals surface area contributed by atoms with E-state index in [0.717, 1.165) is 30.4 Å². The van der Waals surface area contributed by atoms with Crippen LogP contribution in [0.1, 0.15) is 147 Å². The molecule has 2 heteroatoms. The zero-order valence-electron chi connectivity index (χ0n) is 22.4. The maximum Gasteiger partial charge on any atom is 0.314 e. The maximum absolute atomic E-state index is 12.7. The van der Waals surface area contributed by atoms with Gasteiger partial charge in [-0.1, -0.05) is 96.6 Å². The minimum atomic E-state index is -0.00210. The van der Waals surface area contributed by atoms with E-state index < -0.39 is 0 Å². The molecule has 0 amide bonds. The molecule has 0 aromatic heterocycles. The minimum absolute atomic E-state index is 0.00210. The van der Waals surface area contributed by atoms with Gasteiger partial charge in [0, 0.05) is 0 Å². The Labute approximate surface area is 210 Å². The Bertz CT molecular complexity index is 663. The number of esters is 1. The highest BCUT2D eigenvalue weighted by atomic mass is 16.5. The summed E-state index contributed by atoms with van der Waals surface area (Å²) in [4.78, 5) is 12.7. The summed E-state index contributed by atoms with van der Waals surface area (Å²) in [5, 5.41) is 0. The fraction of sp³-hybridized carbons (Fsp3) is 0.781. The zero-order valence-corrected chi connectivity index (χ0v) is 22.4. The van der Waals surface area contributed by atoms with Crippen LogP contribution in [0.25, 0.3) is 0 Å². The molecule has 0 atom stereocenters. The van der Waals surface area contributed by atoms with Gasteiger partial charge in [0.1, 0.15) is 5.75 Å². The third kappa shape index (κ3) is 9.38. The van der Waals surface area contributed by atoms with Crippen molar-refractivity contribution in [3.63, 3.8) is 0 Å². The van der Waals surface area contributed by atoms with Crippen molar-refractivity contribution in [2.24, 2.45) is 17.8 Å². The number of rotatable bonds is 14. The number of carbonyl (C=O) groups is 1. The minimum Gasteiger partial charge on any atom is -0.426 e. The molecule has 0 spiro atoms. The Morgan fingerprint density at radius 1 is 0.676 bits per heavy atom. The van der Waals surface area contributed by atoms with Gasteiger partial charge in [0.2, 0.25) is 0 Å². The highest BCUT2D eigenvalue weighted by Gasteiger charge is 2.28. The third-order valence-electron chi connectivity index (χ3n) is 8.78. The smallest absolute Gasteiger partial charge is 0.314 e. The summed E-state index contributed by atoms with van der Waals surface area (Å²) in [7, 11) is 0. The number of carbonyl (C=O) groups excluding carboxylic acids is 1. The monoisotopic (exact) mass is 468 g/mol. The van der Waals surface area contributed by atoms with Gasteiger partial charge in [-0.25, -0.2) is 0 Å². The van der Waals surface area contributed by atoms with E-state index in [-0.39, 0.29) is 11.9 Å². The summed E-state index contributed by atoms with van der Waals surface area (Å²) < 4.78 is 5.80. The van der Waals surface area contributed by atoms with Gasteiger partial charge in [0.15, 0.2) is 0 Å². The summed E-state index contributed by atoms with van der Waals surface area (Å²) in [5.41, 5.74) is 1.43. The molecule has 34 heavy (non-hydrogen) atoms. The standard InChI is InChI=1S/C32H52O2/c1-3-5-7-9-11-13-27-16-20-30(21-17-27)32(33)34-31-24-22-29(23-25-31)28-18-14-26(15-19-28)12-10-8-6-4-2/h22-28,30H,3-21H2,1-2H3. The van der Waals surface area contributed by atoms with Crippen LogP contribution in [-0.4, -0.2) is 5.97 Å². The Morgan fingerprint density at radius 2 is 1.18 bits per heavy atom. The van der Waals surface area contributed by atoms with Crippen molar-refractivity contribution in [2.45, 2.75) is 142 Å². The molecule has 0 aliphatic heterocycles. The number of hydrogen-bond acceptors (Lipinski definition) is 2. The van der Waals surface area contributed by atoms with E-state index >= 15 is 0 Å². The Morgan fingerprint density at radius 3 is 1.74 bits per heavy atom. The van der Waals surface area contributed by atoms with E-state index in [0.29, 0.717) is 5.92 Å². The summed E-state index contributed by atoms with van der Waals surface area (Å²) in [6, 6.07) is 8.49. The van der Waals surface area contributed by atoms with E-state index in [4.69, 9.17) is 4.74 Å². The van der Waals surface area contributed by atoms with Crippen LogP contribution in [0.5, 0.6) is 5.75 Å². The van der Waals surface area contributed by atoms with Crippen molar-refractivity contribution in [2.75, 3.05) is 0 Å². The molecular weight excluding hydrogens is 416 g/mol. The van der Waals surface area contributed by atoms with Crippen LogP contribution < -0.4 is 4.74 Å². The van der Waals surface area contributed by atoms with Gasteiger partial charge >= 0.3 is 5.97 Å². The second-order valence-electron chi connectivity index (χ2n) is 11.5. The second-order valence-corrected chi connectivity index (χ2v) is 11.5. The lowest BCUT2D eigenvalue weighted by molar-refractivity contribution is -0.140. The molecule has 0 N–H and O–H groups in total. The van der Waals surface area contributed by atoms with Gasteiger partial charge in [-0.2, -0.15) is 0 Å². The van der Waals surface area contributed by atoms with Gasteiger partial charge in [0.25, 0.3) is 0 Å². The molecule has 2 aliphatic rings. The second kappa shape index (κ2) is 15.6. The first-order chi connectivity index (χ1) is 16.7. The van der Waals surface area contributed by atoms with E-state index in [1.54, 1.807) is 0 Å². The maximum atomic E-state index is 12.7. The average molecular weight is 469 g/mol. The molecule has 0 saturated heterocycles. The van der Waals surface area contributed by atoms with Crippen molar-refractivity contribution in [3.05, 3.63) is 29.8 Å². The molecule has 192 valence electrons. The van der Waals surface area contributed by atoms with Crippen molar-refractivity contribution in [3.8, 4) is 5.75 Å². The largest absolute Gasteiger partial charge is 0.426 e.